The molecule has 152 valence electrons. The molecule has 0 N–H and O–H groups in total. The number of esters is 1. The smallest absolute Gasteiger partial charge is 0.328 e. The molecule has 8 nitrogen and oxygen atoms in total. The van der Waals surface area contributed by atoms with Crippen LogP contribution in [0.4, 0.5) is 0 Å². The number of thiocyanates is 1. The number of hydrogen-bond donors (Lipinski definition) is 0. The summed E-state index contributed by atoms with van der Waals surface area (Å²) in [7, 11) is 3.40. The Morgan fingerprint density at radius 1 is 1.28 bits per heavy atom. The van der Waals surface area contributed by atoms with Crippen molar-refractivity contribution in [2.45, 2.75) is 24.5 Å². The fourth-order valence-electron chi connectivity index (χ4n) is 3.45. The maximum atomic E-state index is 12.9. The molecule has 0 saturated carbocycles. The van der Waals surface area contributed by atoms with Gasteiger partial charge in [0, 0.05) is 16.5 Å². The highest BCUT2D eigenvalue weighted by Gasteiger charge is 2.59. The van der Waals surface area contributed by atoms with Crippen molar-refractivity contribution in [1.29, 1.82) is 5.26 Å². The normalized spacial score (nSPS) is 22.6. The minimum absolute atomic E-state index is 0.218. The van der Waals surface area contributed by atoms with Crippen LogP contribution in [0.2, 0.25) is 0 Å². The van der Waals surface area contributed by atoms with E-state index < -0.39 is 41.3 Å². The number of methoxy groups -OCH3 is 1. The van der Waals surface area contributed by atoms with Crippen molar-refractivity contribution in [2.75, 3.05) is 12.9 Å². The van der Waals surface area contributed by atoms with Gasteiger partial charge in [0.05, 0.1) is 18.2 Å². The van der Waals surface area contributed by atoms with Gasteiger partial charge in [-0.3, -0.25) is 19.3 Å². The Bertz CT molecular complexity index is 886. The zero-order chi connectivity index (χ0) is 21.3. The third kappa shape index (κ3) is 3.58. The molecule has 1 fully saturated rings. The third-order valence-corrected chi connectivity index (χ3v) is 7.13. The van der Waals surface area contributed by atoms with Gasteiger partial charge in [0.25, 0.3) is 17.7 Å². The molecule has 2 heterocycles. The fourth-order valence-corrected chi connectivity index (χ4v) is 5.41. The van der Waals surface area contributed by atoms with Crippen molar-refractivity contribution in [2.24, 2.45) is 5.92 Å². The van der Waals surface area contributed by atoms with Gasteiger partial charge in [-0.1, -0.05) is 41.5 Å². The zero-order valence-corrected chi connectivity index (χ0v) is 17.8. The van der Waals surface area contributed by atoms with Crippen LogP contribution >= 0.6 is 33.2 Å². The first-order chi connectivity index (χ1) is 13.8. The van der Waals surface area contributed by atoms with E-state index in [1.807, 2.05) is 5.40 Å². The SMILES string of the molecule is COC(=O)C(C(C)CSSC#N)N1C(=O)C(N2C(=O)c3ccccc3C2=O)C1Cl. The predicted octanol–water partition coefficient (Wildman–Crippen LogP) is 2.10. The van der Waals surface area contributed by atoms with Crippen LogP contribution in [0, 0.1) is 16.6 Å². The van der Waals surface area contributed by atoms with Crippen LogP contribution in [0.1, 0.15) is 27.6 Å². The molecule has 1 saturated heterocycles. The monoisotopic (exact) mass is 453 g/mol. The van der Waals surface area contributed by atoms with Crippen LogP contribution < -0.4 is 0 Å². The van der Waals surface area contributed by atoms with Crippen molar-refractivity contribution < 1.29 is 23.9 Å². The molecule has 0 bridgehead atoms. The first-order valence-corrected chi connectivity index (χ1v) is 11.3. The molecule has 1 aromatic carbocycles. The number of halogens is 1. The first-order valence-electron chi connectivity index (χ1n) is 8.53. The van der Waals surface area contributed by atoms with E-state index in [0.717, 1.165) is 20.6 Å². The standard InChI is InChI=1S/C18H16ClN3O5S2/c1-9(7-28-29-8-20)12(18(26)27-2)21-14(19)13(17(21)25)22-15(23)10-5-3-4-6-11(10)16(22)24/h3-6,9,12-14H,7H2,1-2H3. The summed E-state index contributed by atoms with van der Waals surface area (Å²) in [6.45, 7) is 1.73. The minimum Gasteiger partial charge on any atom is -0.467 e. The van der Waals surface area contributed by atoms with Crippen LogP contribution in [0.3, 0.4) is 0 Å². The Hall–Kier alpha value is -2.22. The molecule has 4 unspecified atom stereocenters. The van der Waals surface area contributed by atoms with Gasteiger partial charge in [-0.05, 0) is 18.1 Å². The summed E-state index contributed by atoms with van der Waals surface area (Å²) in [5.41, 5.74) is -0.629. The second-order valence-electron chi connectivity index (χ2n) is 6.49. The molecule has 0 aromatic heterocycles. The van der Waals surface area contributed by atoms with Gasteiger partial charge >= 0.3 is 5.97 Å². The maximum Gasteiger partial charge on any atom is 0.328 e. The third-order valence-electron chi connectivity index (χ3n) is 4.85. The van der Waals surface area contributed by atoms with Crippen LogP contribution in [-0.4, -0.2) is 63.9 Å². The second kappa shape index (κ2) is 8.65. The van der Waals surface area contributed by atoms with Gasteiger partial charge < -0.3 is 9.64 Å². The molecular weight excluding hydrogens is 438 g/mol. The quantitative estimate of drug-likeness (QED) is 0.0902. The number of carbonyl (C=O) groups is 4. The zero-order valence-electron chi connectivity index (χ0n) is 15.4. The number of benzene rings is 1. The molecule has 29 heavy (non-hydrogen) atoms. The summed E-state index contributed by atoms with van der Waals surface area (Å²) in [5, 5.41) is 10.6. The molecule has 1 aromatic rings. The van der Waals surface area contributed by atoms with Crippen LogP contribution in [0.5, 0.6) is 0 Å². The Labute approximate surface area is 179 Å². The lowest BCUT2D eigenvalue weighted by molar-refractivity contribution is -0.167. The topological polar surface area (TPSA) is 108 Å². The van der Waals surface area contributed by atoms with Crippen molar-refractivity contribution >= 4 is 56.9 Å². The fraction of sp³-hybridized carbons (Fsp3) is 0.389. The van der Waals surface area contributed by atoms with Crippen LogP contribution in [0.25, 0.3) is 0 Å². The predicted molar refractivity (Wildman–Crippen MR) is 108 cm³/mol. The summed E-state index contributed by atoms with van der Waals surface area (Å²) >= 11 is 6.42. The molecule has 11 heteroatoms. The number of nitrogens with zero attached hydrogens (tertiary/aromatic N) is 3. The largest absolute Gasteiger partial charge is 0.467 e. The van der Waals surface area contributed by atoms with Gasteiger partial charge in [-0.15, -0.1) is 0 Å². The molecule has 2 aliphatic heterocycles. The highest BCUT2D eigenvalue weighted by atomic mass is 35.5. The van der Waals surface area contributed by atoms with E-state index in [4.69, 9.17) is 21.6 Å². The van der Waals surface area contributed by atoms with Crippen molar-refractivity contribution in [3.63, 3.8) is 0 Å². The van der Waals surface area contributed by atoms with Crippen molar-refractivity contribution in [3.05, 3.63) is 35.4 Å². The van der Waals surface area contributed by atoms with E-state index in [0.29, 0.717) is 5.75 Å². The number of imide groups is 1. The lowest BCUT2D eigenvalue weighted by atomic mass is 9.94. The van der Waals surface area contributed by atoms with Crippen LogP contribution in [-0.2, 0) is 14.3 Å². The number of β-lactam (4-membered cyclic amide) rings is 1. The molecule has 0 aliphatic carbocycles. The van der Waals surface area contributed by atoms with Gasteiger partial charge in [-0.25, -0.2) is 4.79 Å². The summed E-state index contributed by atoms with van der Waals surface area (Å²) in [6.07, 6.45) is 0. The number of likely N-dealkylation sites (tertiary alicyclic amines) is 1. The van der Waals surface area contributed by atoms with Crippen molar-refractivity contribution in [3.8, 4) is 5.40 Å². The first kappa shape index (κ1) is 21.5. The number of carbonyl (C=O) groups excluding carboxylic acids is 4. The second-order valence-corrected chi connectivity index (χ2v) is 9.07. The minimum atomic E-state index is -1.19. The molecule has 3 rings (SSSR count). The van der Waals surface area contributed by atoms with Crippen LogP contribution in [0.15, 0.2) is 24.3 Å². The van der Waals surface area contributed by atoms with Gasteiger partial charge in [0.15, 0.2) is 6.04 Å². The molecule has 3 amide bonds. The summed E-state index contributed by atoms with van der Waals surface area (Å²) in [6, 6.07) is 4.11. The van der Waals surface area contributed by atoms with Gasteiger partial charge in [0.1, 0.15) is 16.9 Å². The van der Waals surface area contributed by atoms with Crippen molar-refractivity contribution in [1.82, 2.24) is 9.80 Å². The highest BCUT2D eigenvalue weighted by molar-refractivity contribution is 8.78. The number of fused-ring (bicyclic) bond motifs is 1. The van der Waals surface area contributed by atoms with E-state index in [9.17, 15) is 19.2 Å². The summed E-state index contributed by atoms with van der Waals surface area (Å²) in [5.74, 6) is -2.40. The molecular formula is C18H16ClN3O5S2. The maximum absolute atomic E-state index is 12.9. The van der Waals surface area contributed by atoms with E-state index in [1.54, 1.807) is 19.1 Å². The Morgan fingerprint density at radius 3 is 2.34 bits per heavy atom. The average Bonchev–Trinajstić information content (AvgIpc) is 2.97. The number of alkyl halides is 1. The van der Waals surface area contributed by atoms with E-state index in [-0.39, 0.29) is 17.0 Å². The number of nitriles is 1. The molecule has 2 aliphatic rings. The van der Waals surface area contributed by atoms with E-state index >= 15 is 0 Å². The van der Waals surface area contributed by atoms with E-state index in [1.165, 1.54) is 30.0 Å². The number of hydrogen-bond acceptors (Lipinski definition) is 8. The summed E-state index contributed by atoms with van der Waals surface area (Å²) in [4.78, 5) is 52.6. The molecule has 0 spiro atoms. The Morgan fingerprint density at radius 2 is 1.86 bits per heavy atom. The average molecular weight is 454 g/mol. The molecule has 4 atom stereocenters. The lowest BCUT2D eigenvalue weighted by Crippen LogP contribution is -2.73. The summed E-state index contributed by atoms with van der Waals surface area (Å²) < 4.78 is 4.83. The highest BCUT2D eigenvalue weighted by Crippen LogP contribution is 2.38. The van der Waals surface area contributed by atoms with Gasteiger partial charge in [-0.2, -0.15) is 5.26 Å². The number of rotatable bonds is 7. The molecule has 0 radical (unpaired) electrons. The van der Waals surface area contributed by atoms with Gasteiger partial charge in [0.2, 0.25) is 0 Å². The Balaban J connectivity index is 1.81. The Kier molecular flexibility index (Phi) is 6.41. The number of amides is 3. The number of ether oxygens (including phenoxy) is 1. The van der Waals surface area contributed by atoms with E-state index in [2.05, 4.69) is 0 Å². The lowest BCUT2D eigenvalue weighted by Gasteiger charge is -2.50.